The Balaban J connectivity index is 1.81. The van der Waals surface area contributed by atoms with E-state index in [-0.39, 0.29) is 11.6 Å². The van der Waals surface area contributed by atoms with Crippen LogP contribution in [0.4, 0.5) is 10.6 Å². The summed E-state index contributed by atoms with van der Waals surface area (Å²) in [6.07, 6.45) is 1.66. The summed E-state index contributed by atoms with van der Waals surface area (Å²) in [6.45, 7) is 13.0. The van der Waals surface area contributed by atoms with Crippen LogP contribution in [0.3, 0.4) is 0 Å². The Bertz CT molecular complexity index is 892. The van der Waals surface area contributed by atoms with Crippen molar-refractivity contribution in [1.82, 2.24) is 20.2 Å². The maximum atomic E-state index is 12.6. The van der Waals surface area contributed by atoms with Gasteiger partial charge in [0.2, 0.25) is 0 Å². The van der Waals surface area contributed by atoms with Crippen molar-refractivity contribution in [3.05, 3.63) is 51.9 Å². The Morgan fingerprint density at radius 2 is 1.77 bits per heavy atom. The molecule has 0 saturated carbocycles. The van der Waals surface area contributed by atoms with Crippen LogP contribution in [0.5, 0.6) is 0 Å². The number of rotatable bonds is 3. The third kappa shape index (κ3) is 5.85. The molecular formula is C23H32ClN5O. The summed E-state index contributed by atoms with van der Waals surface area (Å²) in [6, 6.07) is 7.93. The highest BCUT2D eigenvalue weighted by Gasteiger charge is 2.25. The molecule has 1 aliphatic rings. The van der Waals surface area contributed by atoms with Crippen LogP contribution in [0.2, 0.25) is 5.02 Å². The van der Waals surface area contributed by atoms with E-state index in [0.717, 1.165) is 60.4 Å². The number of aromatic nitrogens is 2. The van der Waals surface area contributed by atoms with Gasteiger partial charge in [0.05, 0.1) is 0 Å². The maximum absolute atomic E-state index is 12.6. The largest absolute Gasteiger partial charge is 0.354 e. The zero-order valence-electron chi connectivity index (χ0n) is 18.6. The van der Waals surface area contributed by atoms with Gasteiger partial charge in [0, 0.05) is 54.4 Å². The quantitative estimate of drug-likeness (QED) is 0.787. The van der Waals surface area contributed by atoms with Gasteiger partial charge in [0.1, 0.15) is 11.6 Å². The van der Waals surface area contributed by atoms with E-state index < -0.39 is 0 Å². The molecule has 7 heteroatoms. The molecule has 1 aromatic heterocycles. The van der Waals surface area contributed by atoms with Gasteiger partial charge in [-0.1, -0.05) is 23.7 Å². The molecule has 0 atom stereocenters. The van der Waals surface area contributed by atoms with Crippen LogP contribution in [-0.4, -0.2) is 52.6 Å². The van der Waals surface area contributed by atoms with Crippen molar-refractivity contribution < 1.29 is 4.79 Å². The Labute approximate surface area is 184 Å². The normalized spacial score (nSPS) is 15.1. The van der Waals surface area contributed by atoms with Crippen molar-refractivity contribution in [1.29, 1.82) is 0 Å². The SMILES string of the molecule is Cc1nc(C)c(Cc2ccc(Cl)cc2)c(N2CCCN(C(=O)NC(C)(C)C)CC2)n1. The number of amides is 2. The van der Waals surface area contributed by atoms with Gasteiger partial charge in [-0.05, 0) is 58.7 Å². The minimum Gasteiger partial charge on any atom is -0.354 e. The summed E-state index contributed by atoms with van der Waals surface area (Å²) in [4.78, 5) is 26.2. The summed E-state index contributed by atoms with van der Waals surface area (Å²) >= 11 is 6.05. The molecule has 0 aliphatic carbocycles. The molecule has 0 spiro atoms. The lowest BCUT2D eigenvalue weighted by Crippen LogP contribution is -2.49. The first kappa shape index (κ1) is 22.3. The Morgan fingerprint density at radius 1 is 1.07 bits per heavy atom. The van der Waals surface area contributed by atoms with Crippen LogP contribution in [0, 0.1) is 13.8 Å². The average molecular weight is 430 g/mol. The van der Waals surface area contributed by atoms with Gasteiger partial charge in [-0.2, -0.15) is 0 Å². The van der Waals surface area contributed by atoms with Crippen LogP contribution < -0.4 is 10.2 Å². The number of hydrogen-bond donors (Lipinski definition) is 1. The van der Waals surface area contributed by atoms with E-state index >= 15 is 0 Å². The highest BCUT2D eigenvalue weighted by atomic mass is 35.5. The minimum absolute atomic E-state index is 0.000728. The molecule has 0 bridgehead atoms. The van der Waals surface area contributed by atoms with Crippen molar-refractivity contribution in [2.24, 2.45) is 0 Å². The van der Waals surface area contributed by atoms with Gasteiger partial charge in [0.15, 0.2) is 0 Å². The Morgan fingerprint density at radius 3 is 2.43 bits per heavy atom. The molecule has 2 amide bonds. The monoisotopic (exact) mass is 429 g/mol. The maximum Gasteiger partial charge on any atom is 0.317 e. The lowest BCUT2D eigenvalue weighted by Gasteiger charge is -2.28. The number of nitrogens with one attached hydrogen (secondary N) is 1. The van der Waals surface area contributed by atoms with Gasteiger partial charge in [-0.25, -0.2) is 14.8 Å². The number of urea groups is 1. The molecule has 0 unspecified atom stereocenters. The predicted molar refractivity (Wildman–Crippen MR) is 122 cm³/mol. The van der Waals surface area contributed by atoms with Crippen LogP contribution in [0.15, 0.2) is 24.3 Å². The number of benzene rings is 1. The van der Waals surface area contributed by atoms with E-state index in [2.05, 4.69) is 15.2 Å². The van der Waals surface area contributed by atoms with E-state index in [1.54, 1.807) is 0 Å². The van der Waals surface area contributed by atoms with Gasteiger partial charge in [0.25, 0.3) is 0 Å². The third-order valence-electron chi connectivity index (χ3n) is 5.16. The number of aryl methyl sites for hydroxylation is 2. The molecule has 1 saturated heterocycles. The molecule has 1 aromatic carbocycles. The molecular weight excluding hydrogens is 398 g/mol. The molecule has 162 valence electrons. The summed E-state index contributed by atoms with van der Waals surface area (Å²) in [7, 11) is 0. The summed E-state index contributed by atoms with van der Waals surface area (Å²) in [5.41, 5.74) is 3.07. The summed E-state index contributed by atoms with van der Waals surface area (Å²) in [5.74, 6) is 1.75. The molecule has 0 radical (unpaired) electrons. The van der Waals surface area contributed by atoms with E-state index in [4.69, 9.17) is 16.6 Å². The zero-order valence-corrected chi connectivity index (χ0v) is 19.4. The van der Waals surface area contributed by atoms with Crippen LogP contribution >= 0.6 is 11.6 Å². The van der Waals surface area contributed by atoms with Gasteiger partial charge < -0.3 is 15.1 Å². The molecule has 3 rings (SSSR count). The van der Waals surface area contributed by atoms with E-state index in [1.165, 1.54) is 5.56 Å². The molecule has 1 N–H and O–H groups in total. The van der Waals surface area contributed by atoms with Crippen molar-refractivity contribution in [2.45, 2.75) is 53.0 Å². The van der Waals surface area contributed by atoms with Crippen molar-refractivity contribution in [3.63, 3.8) is 0 Å². The number of nitrogens with zero attached hydrogens (tertiary/aromatic N) is 4. The smallest absolute Gasteiger partial charge is 0.317 e. The molecule has 2 aromatic rings. The molecule has 1 aliphatic heterocycles. The molecule has 30 heavy (non-hydrogen) atoms. The second-order valence-corrected chi connectivity index (χ2v) is 9.41. The fourth-order valence-electron chi connectivity index (χ4n) is 3.72. The minimum atomic E-state index is -0.240. The van der Waals surface area contributed by atoms with E-state index in [1.807, 2.05) is 63.8 Å². The molecule has 1 fully saturated rings. The molecule has 2 heterocycles. The average Bonchev–Trinajstić information content (AvgIpc) is 2.90. The number of anilines is 1. The number of halogens is 1. The highest BCUT2D eigenvalue weighted by Crippen LogP contribution is 2.26. The first-order valence-electron chi connectivity index (χ1n) is 10.5. The van der Waals surface area contributed by atoms with E-state index in [0.29, 0.717) is 6.54 Å². The predicted octanol–water partition coefficient (Wildman–Crippen LogP) is 4.36. The number of carbonyl (C=O) groups is 1. The number of carbonyl (C=O) groups excluding carboxylic acids is 1. The van der Waals surface area contributed by atoms with Crippen molar-refractivity contribution >= 4 is 23.4 Å². The summed E-state index contributed by atoms with van der Waals surface area (Å²) in [5, 5.41) is 3.80. The Hall–Kier alpha value is -2.34. The van der Waals surface area contributed by atoms with Crippen molar-refractivity contribution in [2.75, 3.05) is 31.1 Å². The van der Waals surface area contributed by atoms with Crippen LogP contribution in [0.1, 0.15) is 49.8 Å². The van der Waals surface area contributed by atoms with Crippen LogP contribution in [0.25, 0.3) is 0 Å². The van der Waals surface area contributed by atoms with Crippen molar-refractivity contribution in [3.8, 4) is 0 Å². The topological polar surface area (TPSA) is 61.4 Å². The third-order valence-corrected chi connectivity index (χ3v) is 5.41. The van der Waals surface area contributed by atoms with Gasteiger partial charge in [-0.3, -0.25) is 0 Å². The fraction of sp³-hybridized carbons (Fsp3) is 0.522. The second-order valence-electron chi connectivity index (χ2n) is 8.97. The first-order valence-corrected chi connectivity index (χ1v) is 10.9. The Kier molecular flexibility index (Phi) is 6.86. The first-order chi connectivity index (χ1) is 14.1. The lowest BCUT2D eigenvalue weighted by molar-refractivity contribution is 0.192. The highest BCUT2D eigenvalue weighted by molar-refractivity contribution is 6.30. The van der Waals surface area contributed by atoms with Gasteiger partial charge >= 0.3 is 6.03 Å². The fourth-order valence-corrected chi connectivity index (χ4v) is 3.85. The zero-order chi connectivity index (χ0) is 21.9. The number of hydrogen-bond acceptors (Lipinski definition) is 4. The van der Waals surface area contributed by atoms with Crippen LogP contribution in [-0.2, 0) is 6.42 Å². The second kappa shape index (κ2) is 9.21. The van der Waals surface area contributed by atoms with Gasteiger partial charge in [-0.15, -0.1) is 0 Å². The summed E-state index contributed by atoms with van der Waals surface area (Å²) < 4.78 is 0. The lowest BCUT2D eigenvalue weighted by atomic mass is 10.0. The standard InChI is InChI=1S/C23H32ClN5O/c1-16-20(15-18-7-9-19(24)10-8-18)21(26-17(2)25-16)28-11-6-12-29(14-13-28)22(30)27-23(3,4)5/h7-10H,6,11-15H2,1-5H3,(H,27,30). The van der Waals surface area contributed by atoms with E-state index in [9.17, 15) is 4.79 Å². The molecule has 6 nitrogen and oxygen atoms in total.